The fraction of sp³-hybridized carbons (Fsp3) is 0.294. The van der Waals surface area contributed by atoms with Crippen molar-refractivity contribution in [3.05, 3.63) is 54.1 Å². The molecule has 0 aliphatic carbocycles. The minimum absolute atomic E-state index is 0.185. The van der Waals surface area contributed by atoms with E-state index in [9.17, 15) is 0 Å². The van der Waals surface area contributed by atoms with Crippen LogP contribution in [0.3, 0.4) is 0 Å². The fourth-order valence-electron chi connectivity index (χ4n) is 2.39. The Morgan fingerprint density at radius 3 is 2.47 bits per heavy atom. The predicted molar refractivity (Wildman–Crippen MR) is 77.4 cm³/mol. The second kappa shape index (κ2) is 4.37. The normalized spacial score (nSPS) is 11.7. The maximum atomic E-state index is 3.95. The molecule has 0 radical (unpaired) electrons. The topological polar surface area (TPSA) is 0 Å². The summed E-state index contributed by atoms with van der Waals surface area (Å²) >= 11 is 0. The Hall–Kier alpha value is -1.56. The molecule has 0 unspecified atom stereocenters. The highest BCUT2D eigenvalue weighted by Crippen LogP contribution is 2.36. The molecule has 0 heteroatoms. The average Bonchev–Trinajstić information content (AvgIpc) is 2.37. The lowest BCUT2D eigenvalue weighted by Crippen LogP contribution is -2.17. The molecule has 88 valence electrons. The summed E-state index contributed by atoms with van der Waals surface area (Å²) in [4.78, 5) is 0. The molecular formula is C17H20. The van der Waals surface area contributed by atoms with Gasteiger partial charge in [-0.2, -0.15) is 0 Å². The molecule has 0 fully saturated rings. The summed E-state index contributed by atoms with van der Waals surface area (Å²) in [7, 11) is 0. The summed E-state index contributed by atoms with van der Waals surface area (Å²) in [6.45, 7) is 10.8. The molecule has 2 aromatic rings. The first-order valence-corrected chi connectivity index (χ1v) is 6.25. The zero-order chi connectivity index (χ0) is 12.5. The van der Waals surface area contributed by atoms with Crippen molar-refractivity contribution < 1.29 is 0 Å². The number of hydrogen-bond donors (Lipinski definition) is 0. The third kappa shape index (κ3) is 2.00. The van der Waals surface area contributed by atoms with Gasteiger partial charge in [-0.1, -0.05) is 69.8 Å². The largest absolute Gasteiger partial charge is 0.0985 e. The molecule has 0 aliphatic rings. The number of fused-ring (bicyclic) bond motifs is 1. The van der Waals surface area contributed by atoms with Crippen molar-refractivity contribution in [1.29, 1.82) is 0 Å². The maximum absolute atomic E-state index is 3.95. The fourth-order valence-corrected chi connectivity index (χ4v) is 2.39. The van der Waals surface area contributed by atoms with E-state index in [4.69, 9.17) is 0 Å². The molecule has 0 atom stereocenters. The molecule has 0 heterocycles. The van der Waals surface area contributed by atoms with Gasteiger partial charge in [-0.25, -0.2) is 0 Å². The van der Waals surface area contributed by atoms with E-state index < -0.39 is 0 Å². The van der Waals surface area contributed by atoms with E-state index >= 15 is 0 Å². The summed E-state index contributed by atoms with van der Waals surface area (Å²) < 4.78 is 0. The van der Waals surface area contributed by atoms with Gasteiger partial charge in [-0.3, -0.25) is 0 Å². The second-order valence-corrected chi connectivity index (χ2v) is 5.19. The van der Waals surface area contributed by atoms with Gasteiger partial charge >= 0.3 is 0 Å². The SMILES string of the molecule is C=Cc1ccc2ccccc2c1C(C)(C)CC. The molecule has 0 saturated heterocycles. The van der Waals surface area contributed by atoms with Crippen LogP contribution in [0.5, 0.6) is 0 Å². The first kappa shape index (κ1) is 11.9. The van der Waals surface area contributed by atoms with Crippen LogP contribution in [0.2, 0.25) is 0 Å². The second-order valence-electron chi connectivity index (χ2n) is 5.19. The van der Waals surface area contributed by atoms with E-state index in [0.29, 0.717) is 0 Å². The molecule has 0 spiro atoms. The van der Waals surface area contributed by atoms with Crippen LogP contribution >= 0.6 is 0 Å². The van der Waals surface area contributed by atoms with E-state index in [0.717, 1.165) is 6.42 Å². The van der Waals surface area contributed by atoms with Gasteiger partial charge in [0, 0.05) is 0 Å². The smallest absolute Gasteiger partial charge is 0.00941 e. The third-order valence-electron chi connectivity index (χ3n) is 3.74. The molecule has 0 N–H and O–H groups in total. The van der Waals surface area contributed by atoms with Crippen molar-refractivity contribution in [3.8, 4) is 0 Å². The first-order chi connectivity index (χ1) is 8.10. The van der Waals surface area contributed by atoms with E-state index in [1.54, 1.807) is 0 Å². The lowest BCUT2D eigenvalue weighted by Gasteiger charge is -2.27. The summed E-state index contributed by atoms with van der Waals surface area (Å²) in [6, 6.07) is 13.0. The lowest BCUT2D eigenvalue weighted by molar-refractivity contribution is 0.510. The monoisotopic (exact) mass is 224 g/mol. The van der Waals surface area contributed by atoms with Crippen LogP contribution in [-0.2, 0) is 5.41 Å². The molecule has 0 aromatic heterocycles. The van der Waals surface area contributed by atoms with Crippen LogP contribution in [0.4, 0.5) is 0 Å². The standard InChI is InChI=1S/C17H20/c1-5-13-11-12-14-9-7-8-10-15(14)16(13)17(3,4)6-2/h5,7-12H,1,6H2,2-4H3. The Morgan fingerprint density at radius 2 is 1.82 bits per heavy atom. The van der Waals surface area contributed by atoms with E-state index in [2.05, 4.69) is 63.7 Å². The van der Waals surface area contributed by atoms with Crippen molar-refractivity contribution in [1.82, 2.24) is 0 Å². The molecule has 2 aromatic carbocycles. The van der Waals surface area contributed by atoms with Gasteiger partial charge < -0.3 is 0 Å². The van der Waals surface area contributed by atoms with Crippen molar-refractivity contribution in [2.45, 2.75) is 32.6 Å². The van der Waals surface area contributed by atoms with Crippen LogP contribution in [0.15, 0.2) is 43.0 Å². The first-order valence-electron chi connectivity index (χ1n) is 6.25. The Morgan fingerprint density at radius 1 is 1.12 bits per heavy atom. The van der Waals surface area contributed by atoms with E-state index in [-0.39, 0.29) is 5.41 Å². The number of hydrogen-bond acceptors (Lipinski definition) is 0. The Labute approximate surface area is 104 Å². The quantitative estimate of drug-likeness (QED) is 0.674. The zero-order valence-electron chi connectivity index (χ0n) is 11.0. The summed E-state index contributed by atoms with van der Waals surface area (Å²) in [5.41, 5.74) is 2.87. The van der Waals surface area contributed by atoms with Crippen LogP contribution in [0, 0.1) is 0 Å². The van der Waals surface area contributed by atoms with Crippen molar-refractivity contribution in [3.63, 3.8) is 0 Å². The summed E-state index contributed by atoms with van der Waals surface area (Å²) in [5, 5.41) is 2.67. The highest BCUT2D eigenvalue weighted by atomic mass is 14.3. The molecule has 0 nitrogen and oxygen atoms in total. The molecule has 0 saturated carbocycles. The van der Waals surface area contributed by atoms with Crippen molar-refractivity contribution in [2.24, 2.45) is 0 Å². The van der Waals surface area contributed by atoms with Gasteiger partial charge in [0.2, 0.25) is 0 Å². The van der Waals surface area contributed by atoms with Crippen LogP contribution < -0.4 is 0 Å². The third-order valence-corrected chi connectivity index (χ3v) is 3.74. The molecule has 0 amide bonds. The van der Waals surface area contributed by atoms with Gasteiger partial charge in [0.1, 0.15) is 0 Å². The predicted octanol–water partition coefficient (Wildman–Crippen LogP) is 5.17. The Balaban J connectivity index is 2.85. The molecule has 2 rings (SSSR count). The minimum Gasteiger partial charge on any atom is -0.0985 e. The number of rotatable bonds is 3. The van der Waals surface area contributed by atoms with Crippen molar-refractivity contribution >= 4 is 16.8 Å². The van der Waals surface area contributed by atoms with Crippen molar-refractivity contribution in [2.75, 3.05) is 0 Å². The van der Waals surface area contributed by atoms with E-state index in [1.165, 1.54) is 21.9 Å². The highest BCUT2D eigenvalue weighted by molar-refractivity contribution is 5.89. The maximum Gasteiger partial charge on any atom is -0.00941 e. The molecule has 0 bridgehead atoms. The van der Waals surface area contributed by atoms with Crippen LogP contribution in [0.25, 0.3) is 16.8 Å². The lowest BCUT2D eigenvalue weighted by atomic mass is 9.77. The zero-order valence-corrected chi connectivity index (χ0v) is 11.0. The van der Waals surface area contributed by atoms with Crippen LogP contribution in [0.1, 0.15) is 38.3 Å². The summed E-state index contributed by atoms with van der Waals surface area (Å²) in [5.74, 6) is 0. The number of benzene rings is 2. The van der Waals surface area contributed by atoms with Gasteiger partial charge in [-0.05, 0) is 33.7 Å². The Kier molecular flexibility index (Phi) is 3.06. The van der Waals surface area contributed by atoms with Gasteiger partial charge in [0.25, 0.3) is 0 Å². The molecule has 17 heavy (non-hydrogen) atoms. The van der Waals surface area contributed by atoms with Gasteiger partial charge in [0.15, 0.2) is 0 Å². The molecular weight excluding hydrogens is 204 g/mol. The van der Waals surface area contributed by atoms with E-state index in [1.807, 2.05) is 6.08 Å². The highest BCUT2D eigenvalue weighted by Gasteiger charge is 2.22. The average molecular weight is 224 g/mol. The Bertz CT molecular complexity index is 547. The van der Waals surface area contributed by atoms with Gasteiger partial charge in [0.05, 0.1) is 0 Å². The van der Waals surface area contributed by atoms with Gasteiger partial charge in [-0.15, -0.1) is 0 Å². The minimum atomic E-state index is 0.185. The molecule has 0 aliphatic heterocycles. The summed E-state index contributed by atoms with van der Waals surface area (Å²) in [6.07, 6.45) is 3.10. The van der Waals surface area contributed by atoms with Crippen LogP contribution in [-0.4, -0.2) is 0 Å².